The van der Waals surface area contributed by atoms with Crippen molar-refractivity contribution in [2.24, 2.45) is 5.92 Å². The molecule has 0 aliphatic carbocycles. The molecule has 3 rings (SSSR count). The van der Waals surface area contributed by atoms with Crippen LogP contribution < -0.4 is 9.47 Å². The highest BCUT2D eigenvalue weighted by Crippen LogP contribution is 2.33. The second-order valence-electron chi connectivity index (χ2n) is 11.7. The van der Waals surface area contributed by atoms with Crippen LogP contribution in [0.15, 0.2) is 60.7 Å². The maximum Gasteiger partial charge on any atom is 0.343 e. The lowest BCUT2D eigenvalue weighted by Gasteiger charge is -2.11. The third kappa shape index (κ3) is 11.8. The van der Waals surface area contributed by atoms with Gasteiger partial charge in [-0.25, -0.2) is 9.59 Å². The summed E-state index contributed by atoms with van der Waals surface area (Å²) in [5.41, 5.74) is 1.70. The van der Waals surface area contributed by atoms with Crippen LogP contribution in [0.4, 0.5) is 5.69 Å². The number of benzene rings is 3. The van der Waals surface area contributed by atoms with E-state index in [1.165, 1.54) is 69.2 Å². The molecule has 8 nitrogen and oxygen atoms in total. The molecule has 0 radical (unpaired) electrons. The monoisotopic (exact) mass is 651 g/mol. The Bertz CT molecular complexity index is 1420. The number of esters is 2. The molecule has 0 bridgehead atoms. The molecule has 0 saturated carbocycles. The zero-order valence-corrected chi connectivity index (χ0v) is 28.0. The van der Waals surface area contributed by atoms with Gasteiger partial charge in [-0.2, -0.15) is 0 Å². The maximum atomic E-state index is 12.8. The predicted octanol–water partition coefficient (Wildman–Crippen LogP) is 10.6. The number of carbonyl (C=O) groups excluding carboxylic acids is 2. The summed E-state index contributed by atoms with van der Waals surface area (Å²) >= 11 is 6.26. The number of hydrogen-bond acceptors (Lipinski definition) is 7. The Morgan fingerprint density at radius 2 is 1.43 bits per heavy atom. The van der Waals surface area contributed by atoms with Crippen LogP contribution in [-0.4, -0.2) is 30.1 Å². The quantitative estimate of drug-likeness (QED) is 0.0393. The van der Waals surface area contributed by atoms with E-state index in [2.05, 4.69) is 6.92 Å². The van der Waals surface area contributed by atoms with Crippen molar-refractivity contribution < 1.29 is 28.7 Å². The van der Waals surface area contributed by atoms with Gasteiger partial charge in [0, 0.05) is 12.1 Å². The summed E-state index contributed by atoms with van der Waals surface area (Å²) in [5, 5.41) is 11.9. The smallest absolute Gasteiger partial charge is 0.343 e. The molecule has 0 fully saturated rings. The molecule has 9 heteroatoms. The van der Waals surface area contributed by atoms with Crippen LogP contribution in [0.1, 0.15) is 112 Å². The number of carbonyl (C=O) groups is 2. The Morgan fingerprint density at radius 1 is 0.804 bits per heavy atom. The first-order chi connectivity index (χ1) is 22.2. The average Bonchev–Trinajstić information content (AvgIpc) is 3.06. The summed E-state index contributed by atoms with van der Waals surface area (Å²) in [5.74, 6) is -0.481. The first-order valence-electron chi connectivity index (χ1n) is 16.4. The Kier molecular flexibility index (Phi) is 15.6. The largest absolute Gasteiger partial charge is 0.487 e. The van der Waals surface area contributed by atoms with Crippen molar-refractivity contribution in [3.63, 3.8) is 0 Å². The number of nitro groups is 1. The minimum Gasteiger partial charge on any atom is -0.487 e. The van der Waals surface area contributed by atoms with Crippen LogP contribution in [0.25, 0.3) is 11.1 Å². The zero-order valence-electron chi connectivity index (χ0n) is 27.2. The number of rotatable bonds is 20. The molecule has 0 amide bonds. The van der Waals surface area contributed by atoms with Crippen LogP contribution in [0.3, 0.4) is 0 Å². The molecule has 0 aromatic heterocycles. The van der Waals surface area contributed by atoms with E-state index >= 15 is 0 Å². The summed E-state index contributed by atoms with van der Waals surface area (Å²) in [4.78, 5) is 36.5. The second kappa shape index (κ2) is 19.6. The number of unbranched alkanes of at least 4 members (excludes halogenated alkanes) is 9. The van der Waals surface area contributed by atoms with Gasteiger partial charge in [0.05, 0.1) is 34.3 Å². The standard InChI is InChI=1S/C37H46ClNO7/c1-4-6-7-8-9-10-11-12-13-14-23-44-35-22-19-30(24-34(35)39(42)43)28-15-17-29(18-16-28)36(40)46-31-20-21-32(33(38)25-31)37(41)45-26-27(3)5-2/h15-22,24-25,27H,4-14,23,26H2,1-3H3. The molecule has 0 heterocycles. The van der Waals surface area contributed by atoms with Crippen molar-refractivity contribution in [1.29, 1.82) is 0 Å². The molecule has 3 aromatic rings. The van der Waals surface area contributed by atoms with Crippen molar-refractivity contribution in [3.8, 4) is 22.6 Å². The minimum absolute atomic E-state index is 0.0999. The summed E-state index contributed by atoms with van der Waals surface area (Å²) in [6, 6.07) is 15.8. The molecular weight excluding hydrogens is 606 g/mol. The predicted molar refractivity (Wildman–Crippen MR) is 182 cm³/mol. The third-order valence-corrected chi connectivity index (χ3v) is 8.24. The molecule has 46 heavy (non-hydrogen) atoms. The highest BCUT2D eigenvalue weighted by molar-refractivity contribution is 6.33. The first-order valence-corrected chi connectivity index (χ1v) is 16.8. The highest BCUT2D eigenvalue weighted by atomic mass is 35.5. The first kappa shape index (κ1) is 36.6. The van der Waals surface area contributed by atoms with E-state index in [9.17, 15) is 19.7 Å². The lowest BCUT2D eigenvalue weighted by Crippen LogP contribution is -2.12. The third-order valence-electron chi connectivity index (χ3n) is 7.93. The van der Waals surface area contributed by atoms with Gasteiger partial charge in [-0.1, -0.05) is 115 Å². The summed E-state index contributed by atoms with van der Waals surface area (Å²) in [6.45, 7) is 6.96. The molecule has 0 aliphatic heterocycles. The van der Waals surface area contributed by atoms with Crippen LogP contribution >= 0.6 is 11.6 Å². The van der Waals surface area contributed by atoms with Crippen LogP contribution in [-0.2, 0) is 4.74 Å². The number of ether oxygens (including phenoxy) is 3. The Morgan fingerprint density at radius 3 is 2.04 bits per heavy atom. The van der Waals surface area contributed by atoms with E-state index in [4.69, 9.17) is 25.8 Å². The van der Waals surface area contributed by atoms with Gasteiger partial charge in [0.2, 0.25) is 0 Å². The topological polar surface area (TPSA) is 105 Å². The summed E-state index contributed by atoms with van der Waals surface area (Å²) in [6.07, 6.45) is 12.9. The Labute approximate surface area is 277 Å². The minimum atomic E-state index is -0.614. The van der Waals surface area contributed by atoms with Crippen LogP contribution in [0, 0.1) is 16.0 Å². The van der Waals surface area contributed by atoms with E-state index in [0.717, 1.165) is 25.7 Å². The summed E-state index contributed by atoms with van der Waals surface area (Å²) < 4.78 is 16.5. The van der Waals surface area contributed by atoms with Gasteiger partial charge in [-0.05, 0) is 53.8 Å². The molecular formula is C37H46ClNO7. The van der Waals surface area contributed by atoms with Gasteiger partial charge in [-0.15, -0.1) is 0 Å². The van der Waals surface area contributed by atoms with E-state index in [1.807, 2.05) is 13.8 Å². The fourth-order valence-corrected chi connectivity index (χ4v) is 5.08. The fraction of sp³-hybridized carbons (Fsp3) is 0.459. The van der Waals surface area contributed by atoms with Gasteiger partial charge < -0.3 is 14.2 Å². The lowest BCUT2D eigenvalue weighted by atomic mass is 10.0. The van der Waals surface area contributed by atoms with Gasteiger partial charge in [-0.3, -0.25) is 10.1 Å². The van der Waals surface area contributed by atoms with Gasteiger partial charge in [0.15, 0.2) is 5.75 Å². The van der Waals surface area contributed by atoms with Crippen LogP contribution in [0.5, 0.6) is 11.5 Å². The highest BCUT2D eigenvalue weighted by Gasteiger charge is 2.18. The zero-order chi connectivity index (χ0) is 33.3. The average molecular weight is 652 g/mol. The SMILES string of the molecule is CCCCCCCCCCCCOc1ccc(-c2ccc(C(=O)Oc3ccc(C(=O)OCC(C)CC)c(Cl)c3)cc2)cc1[N+](=O)[O-]. The normalized spacial score (nSPS) is 11.6. The lowest BCUT2D eigenvalue weighted by molar-refractivity contribution is -0.385. The summed E-state index contributed by atoms with van der Waals surface area (Å²) in [7, 11) is 0. The van der Waals surface area contributed by atoms with Crippen molar-refractivity contribution >= 4 is 29.2 Å². The molecule has 1 unspecified atom stereocenters. The Hall–Kier alpha value is -3.91. The number of nitrogens with zero attached hydrogens (tertiary/aromatic N) is 1. The van der Waals surface area contributed by atoms with E-state index < -0.39 is 16.9 Å². The van der Waals surface area contributed by atoms with Crippen molar-refractivity contribution in [3.05, 3.63) is 86.9 Å². The molecule has 0 aliphatic rings. The number of halogens is 1. The molecule has 0 saturated heterocycles. The van der Waals surface area contributed by atoms with E-state index in [1.54, 1.807) is 36.4 Å². The molecule has 3 aromatic carbocycles. The molecule has 248 valence electrons. The number of nitro benzene ring substituents is 1. The van der Waals surface area contributed by atoms with Gasteiger partial charge in [0.25, 0.3) is 0 Å². The molecule has 0 N–H and O–H groups in total. The molecule has 0 spiro atoms. The van der Waals surface area contributed by atoms with Crippen molar-refractivity contribution in [2.75, 3.05) is 13.2 Å². The van der Waals surface area contributed by atoms with E-state index in [0.29, 0.717) is 24.3 Å². The van der Waals surface area contributed by atoms with Crippen molar-refractivity contribution in [1.82, 2.24) is 0 Å². The fourth-order valence-electron chi connectivity index (χ4n) is 4.84. The van der Waals surface area contributed by atoms with Gasteiger partial charge >= 0.3 is 17.6 Å². The van der Waals surface area contributed by atoms with Crippen LogP contribution in [0.2, 0.25) is 5.02 Å². The molecule has 1 atom stereocenters. The number of hydrogen-bond donors (Lipinski definition) is 0. The second-order valence-corrected chi connectivity index (χ2v) is 12.1. The van der Waals surface area contributed by atoms with Gasteiger partial charge in [0.1, 0.15) is 5.75 Å². The van der Waals surface area contributed by atoms with E-state index in [-0.39, 0.29) is 39.3 Å². The van der Waals surface area contributed by atoms with Crippen molar-refractivity contribution in [2.45, 2.75) is 91.4 Å². The Balaban J connectivity index is 1.52. The maximum absolute atomic E-state index is 12.8.